The molecule has 0 bridgehead atoms. The molecule has 2 aromatic carbocycles. The average Bonchev–Trinajstić information content (AvgIpc) is 2.70. The maximum atomic E-state index is 12.7. The molecule has 27 heavy (non-hydrogen) atoms. The molecule has 0 fully saturated rings. The molecule has 0 saturated carbocycles. The summed E-state index contributed by atoms with van der Waals surface area (Å²) in [6.07, 6.45) is -0.574. The van der Waals surface area contributed by atoms with Gasteiger partial charge < -0.3 is 15.3 Å². The predicted octanol–water partition coefficient (Wildman–Crippen LogP) is 2.19. The normalized spacial score (nSPS) is 15.6. The van der Waals surface area contributed by atoms with E-state index in [9.17, 15) is 14.7 Å². The minimum absolute atomic E-state index is 0.324. The second-order valence-corrected chi connectivity index (χ2v) is 7.22. The van der Waals surface area contributed by atoms with Crippen molar-refractivity contribution in [3.8, 4) is 0 Å². The second-order valence-electron chi connectivity index (χ2n) is 7.22. The van der Waals surface area contributed by atoms with Crippen LogP contribution in [-0.2, 0) is 29.1 Å². The van der Waals surface area contributed by atoms with E-state index in [1.807, 2.05) is 49.4 Å². The molecule has 1 aliphatic heterocycles. The van der Waals surface area contributed by atoms with Gasteiger partial charge in [0.1, 0.15) is 6.10 Å². The van der Waals surface area contributed by atoms with Gasteiger partial charge >= 0.3 is 0 Å². The van der Waals surface area contributed by atoms with Gasteiger partial charge in [0.2, 0.25) is 5.91 Å². The molecule has 0 aliphatic carbocycles. The number of hydrogen-bond donors (Lipinski definition) is 2. The van der Waals surface area contributed by atoms with E-state index in [0.717, 1.165) is 23.1 Å². The summed E-state index contributed by atoms with van der Waals surface area (Å²) in [5.74, 6) is -1.52. The van der Waals surface area contributed by atoms with Crippen LogP contribution in [0.15, 0.2) is 48.5 Å². The summed E-state index contributed by atoms with van der Waals surface area (Å²) in [7, 11) is 0. The lowest BCUT2D eigenvalue weighted by molar-refractivity contribution is -0.148. The highest BCUT2D eigenvalue weighted by atomic mass is 16.3. The number of amides is 2. The molecule has 2 N–H and O–H groups in total. The van der Waals surface area contributed by atoms with Crippen molar-refractivity contribution in [2.45, 2.75) is 39.5 Å². The van der Waals surface area contributed by atoms with Crippen LogP contribution in [0.5, 0.6) is 0 Å². The Balaban J connectivity index is 1.57. The van der Waals surface area contributed by atoms with E-state index in [1.165, 1.54) is 5.56 Å². The highest BCUT2D eigenvalue weighted by molar-refractivity contribution is 5.89. The highest BCUT2D eigenvalue weighted by Gasteiger charge is 2.32. The lowest BCUT2D eigenvalue weighted by Gasteiger charge is -2.31. The Morgan fingerprint density at radius 3 is 2.63 bits per heavy atom. The summed E-state index contributed by atoms with van der Waals surface area (Å²) in [5.41, 5.74) is 4.44. The highest BCUT2D eigenvalue weighted by Crippen LogP contribution is 2.20. The minimum Gasteiger partial charge on any atom is -0.382 e. The number of nitrogens with zero attached hydrogens (tertiary/aromatic N) is 1. The molecule has 1 aliphatic rings. The maximum absolute atomic E-state index is 12.7. The van der Waals surface area contributed by atoms with Gasteiger partial charge in [-0.2, -0.15) is 0 Å². The molecule has 3 rings (SSSR count). The van der Waals surface area contributed by atoms with E-state index in [-0.39, 0.29) is 11.8 Å². The van der Waals surface area contributed by atoms with Gasteiger partial charge in [-0.25, -0.2) is 0 Å². The zero-order chi connectivity index (χ0) is 19.4. The molecule has 0 aromatic heterocycles. The number of nitrogens with one attached hydrogen (secondary N) is 1. The SMILES string of the molecule is Cc1cccc(CNC(=O)[C@H](C)[C@@H](O)C(=O)N2CCc3ccccc3C2)c1. The molecule has 2 atom stereocenters. The van der Waals surface area contributed by atoms with Crippen LogP contribution in [0.1, 0.15) is 29.2 Å². The van der Waals surface area contributed by atoms with Gasteiger partial charge in [0.25, 0.3) is 5.91 Å². The fourth-order valence-corrected chi connectivity index (χ4v) is 3.40. The molecular formula is C22H26N2O3. The van der Waals surface area contributed by atoms with Crippen LogP contribution >= 0.6 is 0 Å². The zero-order valence-corrected chi connectivity index (χ0v) is 15.8. The first kappa shape index (κ1) is 19.1. The first-order chi connectivity index (χ1) is 13.0. The number of rotatable bonds is 5. The fraction of sp³-hybridized carbons (Fsp3) is 0.364. The van der Waals surface area contributed by atoms with Gasteiger partial charge in [0, 0.05) is 19.6 Å². The van der Waals surface area contributed by atoms with Crippen LogP contribution in [0, 0.1) is 12.8 Å². The van der Waals surface area contributed by atoms with E-state index < -0.39 is 12.0 Å². The topological polar surface area (TPSA) is 69.6 Å². The van der Waals surface area contributed by atoms with E-state index in [0.29, 0.717) is 19.6 Å². The predicted molar refractivity (Wildman–Crippen MR) is 104 cm³/mol. The van der Waals surface area contributed by atoms with E-state index in [4.69, 9.17) is 0 Å². The molecule has 2 amide bonds. The largest absolute Gasteiger partial charge is 0.382 e. The van der Waals surface area contributed by atoms with Gasteiger partial charge in [-0.1, -0.05) is 61.0 Å². The van der Waals surface area contributed by atoms with Crippen LogP contribution in [0.4, 0.5) is 0 Å². The smallest absolute Gasteiger partial charge is 0.252 e. The van der Waals surface area contributed by atoms with Crippen LogP contribution in [0.3, 0.4) is 0 Å². The van der Waals surface area contributed by atoms with Gasteiger partial charge in [0.05, 0.1) is 5.92 Å². The van der Waals surface area contributed by atoms with E-state index >= 15 is 0 Å². The molecule has 5 heteroatoms. The Hall–Kier alpha value is -2.66. The molecule has 0 radical (unpaired) electrons. The number of aryl methyl sites for hydroxylation is 1. The third-order valence-electron chi connectivity index (χ3n) is 5.13. The fourth-order valence-electron chi connectivity index (χ4n) is 3.40. The lowest BCUT2D eigenvalue weighted by Crippen LogP contribution is -2.47. The van der Waals surface area contributed by atoms with Crippen LogP contribution in [0.2, 0.25) is 0 Å². The molecular weight excluding hydrogens is 340 g/mol. The average molecular weight is 366 g/mol. The van der Waals surface area contributed by atoms with Crippen LogP contribution in [0.25, 0.3) is 0 Å². The number of fused-ring (bicyclic) bond motifs is 1. The molecule has 0 spiro atoms. The van der Waals surface area contributed by atoms with E-state index in [1.54, 1.807) is 11.8 Å². The standard InChI is InChI=1S/C22H26N2O3/c1-15-6-5-7-17(12-15)13-23-21(26)16(2)20(25)22(27)24-11-10-18-8-3-4-9-19(18)14-24/h3-9,12,16,20,25H,10-11,13-14H2,1-2H3,(H,23,26)/t16-,20-/m1/s1. The maximum Gasteiger partial charge on any atom is 0.252 e. The summed E-state index contributed by atoms with van der Waals surface area (Å²) in [5, 5.41) is 13.3. The summed E-state index contributed by atoms with van der Waals surface area (Å²) in [6, 6.07) is 15.9. The van der Waals surface area contributed by atoms with Crippen LogP contribution < -0.4 is 5.32 Å². The van der Waals surface area contributed by atoms with Gasteiger partial charge in [0.15, 0.2) is 0 Å². The number of hydrogen-bond acceptors (Lipinski definition) is 3. The van der Waals surface area contributed by atoms with Crippen molar-refractivity contribution in [1.82, 2.24) is 10.2 Å². The van der Waals surface area contributed by atoms with Gasteiger partial charge in [-0.05, 0) is 30.0 Å². The third kappa shape index (κ3) is 4.55. The first-order valence-electron chi connectivity index (χ1n) is 9.32. The van der Waals surface area contributed by atoms with Crippen molar-refractivity contribution >= 4 is 11.8 Å². The monoisotopic (exact) mass is 366 g/mol. The third-order valence-corrected chi connectivity index (χ3v) is 5.13. The van der Waals surface area contributed by atoms with Crippen molar-refractivity contribution in [1.29, 1.82) is 0 Å². The molecule has 142 valence electrons. The Morgan fingerprint density at radius 1 is 1.15 bits per heavy atom. The first-order valence-corrected chi connectivity index (χ1v) is 9.32. The number of aliphatic hydroxyl groups is 1. The number of aliphatic hydroxyl groups excluding tert-OH is 1. The number of carbonyl (C=O) groups excluding carboxylic acids is 2. The molecule has 1 heterocycles. The Bertz CT molecular complexity index is 834. The van der Waals surface area contributed by atoms with Crippen molar-refractivity contribution in [2.24, 2.45) is 5.92 Å². The van der Waals surface area contributed by atoms with E-state index in [2.05, 4.69) is 11.4 Å². The Kier molecular flexibility index (Phi) is 5.91. The quantitative estimate of drug-likeness (QED) is 0.852. The molecule has 0 unspecified atom stereocenters. The van der Waals surface area contributed by atoms with Crippen molar-refractivity contribution in [2.75, 3.05) is 6.54 Å². The zero-order valence-electron chi connectivity index (χ0n) is 15.8. The summed E-state index contributed by atoms with van der Waals surface area (Å²) in [4.78, 5) is 26.7. The van der Waals surface area contributed by atoms with Crippen LogP contribution in [-0.4, -0.2) is 34.5 Å². The minimum atomic E-state index is -1.34. The number of benzene rings is 2. The summed E-state index contributed by atoms with van der Waals surface area (Å²) >= 11 is 0. The van der Waals surface area contributed by atoms with Gasteiger partial charge in [-0.15, -0.1) is 0 Å². The van der Waals surface area contributed by atoms with Crippen molar-refractivity contribution < 1.29 is 14.7 Å². The molecule has 5 nitrogen and oxygen atoms in total. The Labute approximate surface area is 160 Å². The Morgan fingerprint density at radius 2 is 1.89 bits per heavy atom. The van der Waals surface area contributed by atoms with Crippen molar-refractivity contribution in [3.05, 3.63) is 70.8 Å². The summed E-state index contributed by atoms with van der Waals surface area (Å²) in [6.45, 7) is 5.00. The molecule has 2 aromatic rings. The van der Waals surface area contributed by atoms with Crippen molar-refractivity contribution in [3.63, 3.8) is 0 Å². The van der Waals surface area contributed by atoms with Gasteiger partial charge in [-0.3, -0.25) is 9.59 Å². The second kappa shape index (κ2) is 8.35. The lowest BCUT2D eigenvalue weighted by atomic mass is 9.97. The summed E-state index contributed by atoms with van der Waals surface area (Å²) < 4.78 is 0. The molecule has 0 saturated heterocycles. The number of carbonyl (C=O) groups is 2.